The zero-order valence-electron chi connectivity index (χ0n) is 11.9. The second-order valence-corrected chi connectivity index (χ2v) is 4.54. The van der Waals surface area contributed by atoms with Crippen LogP contribution in [0.15, 0.2) is 35.6 Å². The molecule has 0 amide bonds. The predicted octanol–water partition coefficient (Wildman–Crippen LogP) is 1.22. The zero-order valence-corrected chi connectivity index (χ0v) is 11.9. The van der Waals surface area contributed by atoms with Crippen molar-refractivity contribution in [2.75, 3.05) is 31.7 Å². The number of ether oxygens (including phenoxy) is 1. The summed E-state index contributed by atoms with van der Waals surface area (Å²) in [6.07, 6.45) is 2.17. The number of hydrogen-bond acceptors (Lipinski definition) is 6. The quantitative estimate of drug-likeness (QED) is 0.344. The van der Waals surface area contributed by atoms with Gasteiger partial charge in [0.15, 0.2) is 0 Å². The number of nitrogens with two attached hydrogens (primary N) is 1. The van der Waals surface area contributed by atoms with Crippen molar-refractivity contribution in [2.24, 2.45) is 10.9 Å². The molecule has 0 radical (unpaired) electrons. The van der Waals surface area contributed by atoms with Gasteiger partial charge in [-0.3, -0.25) is 4.98 Å². The third kappa shape index (κ3) is 4.03. The van der Waals surface area contributed by atoms with Crippen molar-refractivity contribution in [3.63, 3.8) is 0 Å². The third-order valence-corrected chi connectivity index (χ3v) is 3.09. The fraction of sp³-hybridized carbons (Fsp3) is 0.357. The second-order valence-electron chi connectivity index (χ2n) is 4.54. The molecule has 0 fully saturated rings. The number of oxime groups is 1. The van der Waals surface area contributed by atoms with Gasteiger partial charge in [-0.05, 0) is 12.1 Å². The van der Waals surface area contributed by atoms with Crippen LogP contribution < -0.4 is 10.6 Å². The molecule has 0 aliphatic rings. The lowest BCUT2D eigenvalue weighted by Crippen LogP contribution is -2.32. The van der Waals surface area contributed by atoms with Crippen LogP contribution in [0, 0.1) is 0 Å². The molecule has 112 valence electrons. The standard InChI is InChI=1S/C14H19N5O2/c1-21-9-8-19(7-6-13(15)18-20)14-10-16-11-4-2-3-5-12(11)17-14/h2-5,10,20H,6-9H2,1H3,(H2,15,18). The van der Waals surface area contributed by atoms with Crippen LogP contribution in [0.25, 0.3) is 11.0 Å². The Morgan fingerprint density at radius 2 is 2.10 bits per heavy atom. The summed E-state index contributed by atoms with van der Waals surface area (Å²) in [7, 11) is 1.65. The van der Waals surface area contributed by atoms with E-state index in [1.165, 1.54) is 0 Å². The van der Waals surface area contributed by atoms with Crippen LogP contribution >= 0.6 is 0 Å². The number of para-hydroxylation sites is 2. The van der Waals surface area contributed by atoms with E-state index in [1.54, 1.807) is 13.3 Å². The highest BCUT2D eigenvalue weighted by Crippen LogP contribution is 2.15. The lowest BCUT2D eigenvalue weighted by molar-refractivity contribution is 0.205. The van der Waals surface area contributed by atoms with E-state index in [0.717, 1.165) is 16.9 Å². The minimum absolute atomic E-state index is 0.186. The molecule has 0 spiro atoms. The van der Waals surface area contributed by atoms with Crippen LogP contribution in [0.3, 0.4) is 0 Å². The number of rotatable bonds is 7. The Morgan fingerprint density at radius 1 is 1.33 bits per heavy atom. The summed E-state index contributed by atoms with van der Waals surface area (Å²) < 4.78 is 5.11. The predicted molar refractivity (Wildman–Crippen MR) is 81.7 cm³/mol. The summed E-state index contributed by atoms with van der Waals surface area (Å²) in [5.74, 6) is 0.933. The number of nitrogens with zero attached hydrogens (tertiary/aromatic N) is 4. The summed E-state index contributed by atoms with van der Waals surface area (Å²) in [5.41, 5.74) is 7.21. The Labute approximate surface area is 123 Å². The van der Waals surface area contributed by atoms with Gasteiger partial charge in [-0.2, -0.15) is 0 Å². The Morgan fingerprint density at radius 3 is 2.81 bits per heavy atom. The molecular weight excluding hydrogens is 270 g/mol. The molecule has 7 heteroatoms. The van der Waals surface area contributed by atoms with Gasteiger partial charge in [-0.1, -0.05) is 17.3 Å². The fourth-order valence-corrected chi connectivity index (χ4v) is 1.94. The number of benzene rings is 1. The van der Waals surface area contributed by atoms with Crippen LogP contribution in [-0.4, -0.2) is 47.8 Å². The van der Waals surface area contributed by atoms with E-state index in [2.05, 4.69) is 15.1 Å². The number of fused-ring (bicyclic) bond motifs is 1. The van der Waals surface area contributed by atoms with E-state index in [9.17, 15) is 0 Å². The number of anilines is 1. The van der Waals surface area contributed by atoms with Gasteiger partial charge in [-0.15, -0.1) is 0 Å². The smallest absolute Gasteiger partial charge is 0.147 e. The molecule has 21 heavy (non-hydrogen) atoms. The summed E-state index contributed by atoms with van der Waals surface area (Å²) in [6, 6.07) is 7.69. The Balaban J connectivity index is 2.20. The third-order valence-electron chi connectivity index (χ3n) is 3.09. The second kappa shape index (κ2) is 7.39. The number of amidine groups is 1. The zero-order chi connectivity index (χ0) is 15.1. The van der Waals surface area contributed by atoms with E-state index in [0.29, 0.717) is 26.1 Å². The van der Waals surface area contributed by atoms with Crippen LogP contribution in [-0.2, 0) is 4.74 Å². The van der Waals surface area contributed by atoms with E-state index >= 15 is 0 Å². The molecule has 0 saturated heterocycles. The molecule has 7 nitrogen and oxygen atoms in total. The van der Waals surface area contributed by atoms with Gasteiger partial charge in [0.1, 0.15) is 11.7 Å². The van der Waals surface area contributed by atoms with Crippen molar-refractivity contribution in [3.8, 4) is 0 Å². The van der Waals surface area contributed by atoms with Crippen LogP contribution in [0.1, 0.15) is 6.42 Å². The molecule has 2 aromatic rings. The SMILES string of the molecule is COCCN(CCC(N)=NO)c1cnc2ccccc2n1. The van der Waals surface area contributed by atoms with Gasteiger partial charge in [0.25, 0.3) is 0 Å². The van der Waals surface area contributed by atoms with Gasteiger partial charge in [0.05, 0.1) is 23.8 Å². The number of methoxy groups -OCH3 is 1. The van der Waals surface area contributed by atoms with E-state index in [1.807, 2.05) is 29.2 Å². The fourth-order valence-electron chi connectivity index (χ4n) is 1.94. The van der Waals surface area contributed by atoms with Crippen molar-refractivity contribution in [3.05, 3.63) is 30.5 Å². The van der Waals surface area contributed by atoms with Crippen molar-refractivity contribution in [2.45, 2.75) is 6.42 Å². The lowest BCUT2D eigenvalue weighted by Gasteiger charge is -2.23. The van der Waals surface area contributed by atoms with Crippen molar-refractivity contribution >= 4 is 22.7 Å². The van der Waals surface area contributed by atoms with E-state index < -0.39 is 0 Å². The van der Waals surface area contributed by atoms with E-state index in [4.69, 9.17) is 15.7 Å². The van der Waals surface area contributed by atoms with Gasteiger partial charge in [-0.25, -0.2) is 4.98 Å². The molecule has 1 heterocycles. The summed E-state index contributed by atoms with van der Waals surface area (Å²) in [5, 5.41) is 11.6. The summed E-state index contributed by atoms with van der Waals surface area (Å²) in [6.45, 7) is 1.79. The first-order valence-electron chi connectivity index (χ1n) is 6.66. The molecule has 0 aliphatic carbocycles. The van der Waals surface area contributed by atoms with Crippen LogP contribution in [0.5, 0.6) is 0 Å². The maximum Gasteiger partial charge on any atom is 0.147 e. The molecule has 1 aromatic carbocycles. The molecular formula is C14H19N5O2. The van der Waals surface area contributed by atoms with Gasteiger partial charge in [0.2, 0.25) is 0 Å². The first-order valence-corrected chi connectivity index (χ1v) is 6.66. The van der Waals surface area contributed by atoms with Gasteiger partial charge >= 0.3 is 0 Å². The Hall–Kier alpha value is -2.41. The molecule has 0 unspecified atom stereocenters. The van der Waals surface area contributed by atoms with Gasteiger partial charge < -0.3 is 20.6 Å². The van der Waals surface area contributed by atoms with Gasteiger partial charge in [0, 0.05) is 26.6 Å². The molecule has 0 saturated carbocycles. The maximum absolute atomic E-state index is 8.63. The number of aromatic nitrogens is 2. The molecule has 2 rings (SSSR count). The first kappa shape index (κ1) is 15.0. The maximum atomic E-state index is 8.63. The largest absolute Gasteiger partial charge is 0.409 e. The monoisotopic (exact) mass is 289 g/mol. The summed E-state index contributed by atoms with van der Waals surface area (Å²) in [4.78, 5) is 11.0. The number of hydrogen-bond donors (Lipinski definition) is 2. The average Bonchev–Trinajstić information content (AvgIpc) is 2.54. The summed E-state index contributed by atoms with van der Waals surface area (Å²) >= 11 is 0. The normalized spacial score (nSPS) is 11.8. The van der Waals surface area contributed by atoms with E-state index in [-0.39, 0.29) is 5.84 Å². The van der Waals surface area contributed by atoms with Crippen LogP contribution in [0.2, 0.25) is 0 Å². The molecule has 0 aliphatic heterocycles. The average molecular weight is 289 g/mol. The van der Waals surface area contributed by atoms with Crippen molar-refractivity contribution in [1.82, 2.24) is 9.97 Å². The Kier molecular flexibility index (Phi) is 5.28. The highest BCUT2D eigenvalue weighted by molar-refractivity contribution is 5.80. The molecule has 3 N–H and O–H groups in total. The highest BCUT2D eigenvalue weighted by Gasteiger charge is 2.10. The topological polar surface area (TPSA) is 96.9 Å². The first-order chi connectivity index (χ1) is 10.2. The highest BCUT2D eigenvalue weighted by atomic mass is 16.5. The molecule has 0 bridgehead atoms. The van der Waals surface area contributed by atoms with Crippen molar-refractivity contribution < 1.29 is 9.94 Å². The minimum atomic E-state index is 0.186. The Bertz CT molecular complexity index is 617. The lowest BCUT2D eigenvalue weighted by atomic mass is 10.3. The minimum Gasteiger partial charge on any atom is -0.409 e. The molecule has 1 aromatic heterocycles. The van der Waals surface area contributed by atoms with Crippen molar-refractivity contribution in [1.29, 1.82) is 0 Å². The molecule has 0 atom stereocenters. The van der Waals surface area contributed by atoms with Crippen LogP contribution in [0.4, 0.5) is 5.82 Å².